The summed E-state index contributed by atoms with van der Waals surface area (Å²) in [4.78, 5) is 21.9. The van der Waals surface area contributed by atoms with Gasteiger partial charge in [0.1, 0.15) is 0 Å². The van der Waals surface area contributed by atoms with Crippen LogP contribution < -0.4 is 11.5 Å². The molecular formula is C8H17N3O2. The van der Waals surface area contributed by atoms with Crippen LogP contribution in [-0.2, 0) is 9.59 Å². The van der Waals surface area contributed by atoms with Gasteiger partial charge >= 0.3 is 0 Å². The molecule has 76 valence electrons. The molecule has 0 spiro atoms. The summed E-state index contributed by atoms with van der Waals surface area (Å²) in [5.74, 6) is -0.243. The Morgan fingerprint density at radius 3 is 1.85 bits per heavy atom. The minimum atomic E-state index is -0.468. The van der Waals surface area contributed by atoms with Crippen LogP contribution in [-0.4, -0.2) is 36.3 Å². The molecule has 4 N–H and O–H groups in total. The number of amides is 2. The molecule has 1 rings (SSSR count). The van der Waals surface area contributed by atoms with E-state index in [1.165, 1.54) is 12.8 Å². The molecule has 0 aromatic rings. The lowest BCUT2D eigenvalue weighted by Gasteiger charge is -2.10. The maximum atomic E-state index is 10.6. The zero-order valence-corrected chi connectivity index (χ0v) is 7.95. The Hall–Kier alpha value is -1.10. The van der Waals surface area contributed by atoms with Crippen LogP contribution >= 0.6 is 0 Å². The monoisotopic (exact) mass is 187 g/mol. The second-order valence-electron chi connectivity index (χ2n) is 2.88. The summed E-state index contributed by atoms with van der Waals surface area (Å²) in [6.45, 7) is 3.54. The van der Waals surface area contributed by atoms with Crippen molar-refractivity contribution in [2.75, 3.05) is 19.6 Å². The van der Waals surface area contributed by atoms with Gasteiger partial charge in [-0.1, -0.05) is 0 Å². The third-order valence-corrected chi connectivity index (χ3v) is 1.75. The van der Waals surface area contributed by atoms with Crippen molar-refractivity contribution < 1.29 is 9.59 Å². The smallest absolute Gasteiger partial charge is 0.231 e. The number of hydrogen-bond acceptors (Lipinski definition) is 3. The van der Waals surface area contributed by atoms with Crippen molar-refractivity contribution in [1.82, 2.24) is 4.90 Å². The highest BCUT2D eigenvalue weighted by molar-refractivity contribution is 5.75. The fraction of sp³-hybridized carbons (Fsp3) is 0.750. The van der Waals surface area contributed by atoms with E-state index < -0.39 is 5.91 Å². The van der Waals surface area contributed by atoms with Gasteiger partial charge in [-0.15, -0.1) is 0 Å². The van der Waals surface area contributed by atoms with Gasteiger partial charge in [-0.2, -0.15) is 0 Å². The van der Waals surface area contributed by atoms with Crippen LogP contribution in [0, 0.1) is 0 Å². The average Bonchev–Trinajstić information content (AvgIpc) is 2.57. The van der Waals surface area contributed by atoms with E-state index in [9.17, 15) is 9.59 Å². The van der Waals surface area contributed by atoms with Gasteiger partial charge < -0.3 is 16.4 Å². The van der Waals surface area contributed by atoms with E-state index in [1.807, 2.05) is 4.90 Å². The SMILES string of the molecule is CC(=O)N1CCCC1.NCC(N)=O. The molecule has 0 atom stereocenters. The van der Waals surface area contributed by atoms with E-state index >= 15 is 0 Å². The zero-order valence-electron chi connectivity index (χ0n) is 7.95. The lowest BCUT2D eigenvalue weighted by Crippen LogP contribution is -2.24. The van der Waals surface area contributed by atoms with Gasteiger partial charge in [-0.25, -0.2) is 0 Å². The Balaban J connectivity index is 0.000000252. The van der Waals surface area contributed by atoms with E-state index in [0.29, 0.717) is 0 Å². The number of rotatable bonds is 1. The third-order valence-electron chi connectivity index (χ3n) is 1.75. The van der Waals surface area contributed by atoms with Gasteiger partial charge in [0, 0.05) is 20.0 Å². The van der Waals surface area contributed by atoms with Gasteiger partial charge in [0.2, 0.25) is 11.8 Å². The zero-order chi connectivity index (χ0) is 10.3. The largest absolute Gasteiger partial charge is 0.369 e. The first kappa shape index (κ1) is 11.9. The second-order valence-corrected chi connectivity index (χ2v) is 2.88. The summed E-state index contributed by atoms with van der Waals surface area (Å²) in [6, 6.07) is 0. The normalized spacial score (nSPS) is 14.8. The molecular weight excluding hydrogens is 170 g/mol. The fourth-order valence-corrected chi connectivity index (χ4v) is 1.03. The minimum Gasteiger partial charge on any atom is -0.369 e. The van der Waals surface area contributed by atoms with Crippen molar-refractivity contribution in [3.05, 3.63) is 0 Å². The molecule has 0 aromatic heterocycles. The Kier molecular flexibility index (Phi) is 5.88. The lowest BCUT2D eigenvalue weighted by atomic mass is 10.4. The molecule has 2 amide bonds. The van der Waals surface area contributed by atoms with Crippen LogP contribution in [0.5, 0.6) is 0 Å². The maximum Gasteiger partial charge on any atom is 0.231 e. The average molecular weight is 187 g/mol. The molecule has 1 fully saturated rings. The minimum absolute atomic E-state index is 0.0556. The van der Waals surface area contributed by atoms with Crippen molar-refractivity contribution in [3.63, 3.8) is 0 Å². The number of nitrogens with two attached hydrogens (primary N) is 2. The first-order chi connectivity index (χ1) is 6.07. The van der Waals surface area contributed by atoms with Gasteiger partial charge in [-0.3, -0.25) is 9.59 Å². The van der Waals surface area contributed by atoms with Crippen LogP contribution in [0.2, 0.25) is 0 Å². The second kappa shape index (κ2) is 6.42. The highest BCUT2D eigenvalue weighted by atomic mass is 16.2. The van der Waals surface area contributed by atoms with Gasteiger partial charge in [0.15, 0.2) is 0 Å². The summed E-state index contributed by atoms with van der Waals surface area (Å²) in [7, 11) is 0. The third kappa shape index (κ3) is 6.10. The van der Waals surface area contributed by atoms with Crippen LogP contribution in [0.1, 0.15) is 19.8 Å². The van der Waals surface area contributed by atoms with Gasteiger partial charge in [0.05, 0.1) is 6.54 Å². The summed E-state index contributed by atoms with van der Waals surface area (Å²) in [5.41, 5.74) is 9.22. The highest BCUT2D eigenvalue weighted by Crippen LogP contribution is 2.05. The number of nitrogens with zero attached hydrogens (tertiary/aromatic N) is 1. The molecule has 0 radical (unpaired) electrons. The molecule has 1 heterocycles. The first-order valence-corrected chi connectivity index (χ1v) is 4.31. The molecule has 1 saturated heterocycles. The predicted molar refractivity (Wildman–Crippen MR) is 49.7 cm³/mol. The molecule has 0 unspecified atom stereocenters. The van der Waals surface area contributed by atoms with Crippen molar-refractivity contribution >= 4 is 11.8 Å². The summed E-state index contributed by atoms with van der Waals surface area (Å²) in [5, 5.41) is 0. The van der Waals surface area contributed by atoms with Crippen molar-refractivity contribution in [3.8, 4) is 0 Å². The van der Waals surface area contributed by atoms with Crippen LogP contribution in [0.3, 0.4) is 0 Å². The first-order valence-electron chi connectivity index (χ1n) is 4.31. The van der Waals surface area contributed by atoms with Gasteiger partial charge in [0.25, 0.3) is 0 Å². The summed E-state index contributed by atoms with van der Waals surface area (Å²) in [6.07, 6.45) is 2.39. The van der Waals surface area contributed by atoms with E-state index in [4.69, 9.17) is 5.73 Å². The number of hydrogen-bond donors (Lipinski definition) is 2. The number of carbonyl (C=O) groups excluding carboxylic acids is 2. The quantitative estimate of drug-likeness (QED) is 0.555. The van der Waals surface area contributed by atoms with Crippen LogP contribution in [0.15, 0.2) is 0 Å². The lowest BCUT2D eigenvalue weighted by molar-refractivity contribution is -0.127. The molecule has 0 aliphatic carbocycles. The van der Waals surface area contributed by atoms with E-state index in [0.717, 1.165) is 13.1 Å². The van der Waals surface area contributed by atoms with E-state index in [-0.39, 0.29) is 12.5 Å². The molecule has 0 saturated carbocycles. The Morgan fingerprint density at radius 1 is 1.31 bits per heavy atom. The van der Waals surface area contributed by atoms with Gasteiger partial charge in [-0.05, 0) is 12.8 Å². The van der Waals surface area contributed by atoms with E-state index in [2.05, 4.69) is 5.73 Å². The highest BCUT2D eigenvalue weighted by Gasteiger charge is 2.12. The fourth-order valence-electron chi connectivity index (χ4n) is 1.03. The molecule has 0 aromatic carbocycles. The molecule has 1 aliphatic rings. The predicted octanol–water partition coefficient (Wildman–Crippen LogP) is -0.941. The topological polar surface area (TPSA) is 89.4 Å². The molecule has 5 heteroatoms. The molecule has 1 aliphatic heterocycles. The maximum absolute atomic E-state index is 10.6. The van der Waals surface area contributed by atoms with Crippen LogP contribution in [0.25, 0.3) is 0 Å². The van der Waals surface area contributed by atoms with E-state index in [1.54, 1.807) is 6.92 Å². The molecule has 0 bridgehead atoms. The van der Waals surface area contributed by atoms with Crippen LogP contribution in [0.4, 0.5) is 0 Å². The Morgan fingerprint density at radius 2 is 1.69 bits per heavy atom. The number of likely N-dealkylation sites (tertiary alicyclic amines) is 1. The number of carbonyl (C=O) groups is 2. The molecule has 13 heavy (non-hydrogen) atoms. The number of primary amides is 1. The van der Waals surface area contributed by atoms with Crippen molar-refractivity contribution in [2.24, 2.45) is 11.5 Å². The Labute approximate surface area is 78.1 Å². The Bertz CT molecular complexity index is 176. The summed E-state index contributed by atoms with van der Waals surface area (Å²) < 4.78 is 0. The molecule has 5 nitrogen and oxygen atoms in total. The standard InChI is InChI=1S/C6H11NO.C2H6N2O/c1-6(8)7-4-2-3-5-7;3-1-2(4)5/h2-5H2,1H3;1,3H2,(H2,4,5). The van der Waals surface area contributed by atoms with Crippen molar-refractivity contribution in [1.29, 1.82) is 0 Å². The summed E-state index contributed by atoms with van der Waals surface area (Å²) >= 11 is 0. The van der Waals surface area contributed by atoms with Crippen molar-refractivity contribution in [2.45, 2.75) is 19.8 Å².